The molecule has 0 aliphatic heterocycles. The molecule has 0 spiro atoms. The van der Waals surface area contributed by atoms with Crippen LogP contribution in [0.2, 0.25) is 25.7 Å². The molecule has 4 rings (SSSR count). The molecule has 0 saturated heterocycles. The summed E-state index contributed by atoms with van der Waals surface area (Å²) in [4.78, 5) is 28.9. The van der Waals surface area contributed by atoms with Gasteiger partial charge in [-0.1, -0.05) is 37.8 Å². The number of amides is 1. The minimum Gasteiger partial charge on any atom is -0.492 e. The quantitative estimate of drug-likeness (QED) is 0.0406. The van der Waals surface area contributed by atoms with E-state index in [0.29, 0.717) is 43.2 Å². The second kappa shape index (κ2) is 19.6. The first-order valence-electron chi connectivity index (χ1n) is 17.7. The Morgan fingerprint density at radius 3 is 2.36 bits per heavy atom. The number of nitrogens with one attached hydrogen (secondary N) is 2. The average Bonchev–Trinajstić information content (AvgIpc) is 3.50. The van der Waals surface area contributed by atoms with Gasteiger partial charge in [-0.05, 0) is 74.2 Å². The first-order valence-corrected chi connectivity index (χ1v) is 23.0. The molecule has 0 fully saturated rings. The molecule has 0 aliphatic carbocycles. The summed E-state index contributed by atoms with van der Waals surface area (Å²) in [7, 11) is -5.23. The van der Waals surface area contributed by atoms with Crippen LogP contribution in [0.4, 0.5) is 30.5 Å². The topological polar surface area (TPSA) is 186 Å². The number of primary amides is 1. The van der Waals surface area contributed by atoms with Crippen molar-refractivity contribution in [1.82, 2.24) is 14.8 Å². The number of aromatic nitrogens is 3. The number of methoxy groups -OCH3 is 1. The fourth-order valence-corrected chi connectivity index (χ4v) is 6.51. The molecule has 19 heteroatoms. The summed E-state index contributed by atoms with van der Waals surface area (Å²) in [6.07, 6.45) is 3.21. The molecule has 4 N–H and O–H groups in total. The molecule has 56 heavy (non-hydrogen) atoms. The maximum atomic E-state index is 13.6. The van der Waals surface area contributed by atoms with Crippen molar-refractivity contribution in [1.29, 1.82) is 0 Å². The number of ether oxygens (including phenoxy) is 4. The summed E-state index contributed by atoms with van der Waals surface area (Å²) in [5.41, 5.74) is 6.32. The number of esters is 1. The van der Waals surface area contributed by atoms with Crippen LogP contribution < -0.4 is 25.2 Å². The van der Waals surface area contributed by atoms with Crippen molar-refractivity contribution in [3.05, 3.63) is 77.7 Å². The summed E-state index contributed by atoms with van der Waals surface area (Å²) in [6.45, 7) is 8.93. The molecular weight excluding hydrogens is 774 g/mol. The number of carbonyl (C=O) groups excluding carboxylic acids is 2. The molecule has 2 aromatic heterocycles. The van der Waals surface area contributed by atoms with Crippen molar-refractivity contribution in [3.63, 3.8) is 0 Å². The maximum absolute atomic E-state index is 13.6. The first-order chi connectivity index (χ1) is 26.5. The van der Waals surface area contributed by atoms with Crippen LogP contribution in [0.3, 0.4) is 0 Å². The molecule has 0 radical (unpaired) electrons. The number of carbonyl (C=O) groups is 2. The molecule has 1 atom stereocenters. The number of pyridine rings is 1. The molecule has 0 saturated carbocycles. The maximum Gasteiger partial charge on any atom is 0.355 e. The van der Waals surface area contributed by atoms with E-state index >= 15 is 0 Å². The minimum absolute atomic E-state index is 0.0449. The number of benzene rings is 2. The second-order valence-corrected chi connectivity index (χ2v) is 21.2. The lowest BCUT2D eigenvalue weighted by atomic mass is 10.1. The van der Waals surface area contributed by atoms with Gasteiger partial charge in [0, 0.05) is 26.7 Å². The van der Waals surface area contributed by atoms with E-state index in [9.17, 15) is 31.2 Å². The summed E-state index contributed by atoms with van der Waals surface area (Å²) < 4.78 is 90.6. The number of halogens is 3. The van der Waals surface area contributed by atoms with Gasteiger partial charge in [0.1, 0.15) is 53.0 Å². The highest BCUT2D eigenvalue weighted by Crippen LogP contribution is 2.38. The Balaban J connectivity index is 1.68. The van der Waals surface area contributed by atoms with Crippen LogP contribution in [0, 0.1) is 5.82 Å². The van der Waals surface area contributed by atoms with E-state index in [-0.39, 0.29) is 46.8 Å². The molecule has 2 heterocycles. The zero-order chi connectivity index (χ0) is 41.0. The monoisotopic (exact) mass is 820 g/mol. The Morgan fingerprint density at radius 1 is 1.00 bits per heavy atom. The van der Waals surface area contributed by atoms with Gasteiger partial charge in [0.15, 0.2) is 0 Å². The van der Waals surface area contributed by atoms with Crippen LogP contribution in [0.5, 0.6) is 11.5 Å². The number of hydrogen-bond donors (Lipinski definition) is 3. The van der Waals surface area contributed by atoms with Gasteiger partial charge in [-0.15, -0.1) is 0 Å². The zero-order valence-electron chi connectivity index (χ0n) is 31.8. The van der Waals surface area contributed by atoms with Gasteiger partial charge in [-0.3, -0.25) is 14.3 Å². The van der Waals surface area contributed by atoms with Crippen molar-refractivity contribution >= 4 is 47.3 Å². The van der Waals surface area contributed by atoms with E-state index in [0.717, 1.165) is 18.9 Å². The standard InChI is InChI=1S/C37H47F3N6O8SSi/c1-24(25-10-13-27(38)14-11-25)54-30-21-26(12-16-29(30)45-55(49,50)37(39)40)34-33(35(41)48)36(46(44-34)23-52-19-20-56(3,4)5)43-31-17-15-28(22-42-31)53-18-8-6-7-9-32(47)51-2/h10-17,21-22,24,37,45H,6-9,18-20,23H2,1-5H3,(H2,41,48)(H,42,43)/t24-/m0/s1. The molecule has 4 aromatic rings. The van der Waals surface area contributed by atoms with Gasteiger partial charge in [0.25, 0.3) is 15.9 Å². The minimum atomic E-state index is -5.12. The van der Waals surface area contributed by atoms with Crippen LogP contribution >= 0.6 is 0 Å². The first kappa shape index (κ1) is 43.6. The van der Waals surface area contributed by atoms with E-state index in [1.807, 2.05) is 4.72 Å². The van der Waals surface area contributed by atoms with Crippen LogP contribution in [0.1, 0.15) is 54.6 Å². The third kappa shape index (κ3) is 12.7. The number of hydrogen-bond acceptors (Lipinski definition) is 11. The second-order valence-electron chi connectivity index (χ2n) is 14.0. The molecule has 0 aliphatic rings. The van der Waals surface area contributed by atoms with Crippen molar-refractivity contribution in [2.24, 2.45) is 5.73 Å². The van der Waals surface area contributed by atoms with Gasteiger partial charge >= 0.3 is 11.7 Å². The van der Waals surface area contributed by atoms with Crippen LogP contribution in [0.15, 0.2) is 60.8 Å². The molecule has 1 amide bonds. The Labute approximate surface area is 324 Å². The van der Waals surface area contributed by atoms with E-state index in [1.165, 1.54) is 60.5 Å². The van der Waals surface area contributed by atoms with Gasteiger partial charge in [-0.2, -0.15) is 13.9 Å². The number of rotatable bonds is 22. The van der Waals surface area contributed by atoms with Crippen LogP contribution in [-0.4, -0.2) is 69.2 Å². The molecule has 2 aromatic carbocycles. The summed E-state index contributed by atoms with van der Waals surface area (Å²) in [5, 5.41) is 7.76. The zero-order valence-corrected chi connectivity index (χ0v) is 33.6. The summed E-state index contributed by atoms with van der Waals surface area (Å²) in [5.74, 6) is -4.62. The van der Waals surface area contributed by atoms with Crippen LogP contribution in [0.25, 0.3) is 11.3 Å². The lowest BCUT2D eigenvalue weighted by Gasteiger charge is -2.19. The normalized spacial score (nSPS) is 12.3. The summed E-state index contributed by atoms with van der Waals surface area (Å²) >= 11 is 0. The number of unbranched alkanes of at least 4 members (excludes halogenated alkanes) is 2. The molecule has 304 valence electrons. The highest BCUT2D eigenvalue weighted by molar-refractivity contribution is 7.93. The van der Waals surface area contributed by atoms with E-state index in [2.05, 4.69) is 39.8 Å². The fraction of sp³-hybridized carbons (Fsp3) is 0.405. The molecular formula is C37H47F3N6O8SSi. The van der Waals surface area contributed by atoms with Crippen LogP contribution in [-0.2, 0) is 31.0 Å². The largest absolute Gasteiger partial charge is 0.492 e. The average molecular weight is 821 g/mol. The number of anilines is 3. The molecule has 0 unspecified atom stereocenters. The predicted molar refractivity (Wildman–Crippen MR) is 208 cm³/mol. The van der Waals surface area contributed by atoms with Gasteiger partial charge < -0.3 is 30.0 Å². The highest BCUT2D eigenvalue weighted by Gasteiger charge is 2.28. The summed E-state index contributed by atoms with van der Waals surface area (Å²) in [6, 6.07) is 13.4. The fourth-order valence-electron chi connectivity index (χ4n) is 5.19. The SMILES string of the molecule is COC(=O)CCCCCOc1ccc(Nc2c(C(N)=O)c(-c3ccc(NS(=O)(=O)C(F)F)c(O[C@@H](C)c4ccc(F)cc4)c3)nn2COCC[Si](C)(C)C)nc1. The number of sulfonamides is 1. The Morgan fingerprint density at radius 2 is 1.73 bits per heavy atom. The number of alkyl halides is 2. The smallest absolute Gasteiger partial charge is 0.355 e. The third-order valence-electron chi connectivity index (χ3n) is 8.30. The van der Waals surface area contributed by atoms with Crippen molar-refractivity contribution < 1.29 is 50.1 Å². The lowest BCUT2D eigenvalue weighted by Crippen LogP contribution is -2.22. The molecule has 0 bridgehead atoms. The van der Waals surface area contributed by atoms with Gasteiger partial charge in [0.05, 0.1) is 25.6 Å². The predicted octanol–water partition coefficient (Wildman–Crippen LogP) is 7.46. The van der Waals surface area contributed by atoms with Gasteiger partial charge in [-0.25, -0.2) is 22.5 Å². The third-order valence-corrected chi connectivity index (χ3v) is 11.0. The lowest BCUT2D eigenvalue weighted by molar-refractivity contribution is -0.140. The van der Waals surface area contributed by atoms with E-state index < -0.39 is 41.7 Å². The Hall–Kier alpha value is -5.14. The van der Waals surface area contributed by atoms with Crippen molar-refractivity contribution in [2.45, 2.75) is 76.9 Å². The number of nitrogens with two attached hydrogens (primary N) is 1. The Bertz CT molecular complexity index is 2050. The van der Waals surface area contributed by atoms with E-state index in [4.69, 9.17) is 19.9 Å². The van der Waals surface area contributed by atoms with Gasteiger partial charge in [0.2, 0.25) is 0 Å². The highest BCUT2D eigenvalue weighted by atomic mass is 32.2. The van der Waals surface area contributed by atoms with Crippen molar-refractivity contribution in [2.75, 3.05) is 30.4 Å². The van der Waals surface area contributed by atoms with Crippen molar-refractivity contribution in [3.8, 4) is 22.8 Å². The number of nitrogens with zero attached hydrogens (tertiary/aromatic N) is 3. The molecule has 14 nitrogen and oxygen atoms in total. The van der Waals surface area contributed by atoms with E-state index in [1.54, 1.807) is 19.1 Å². The Kier molecular flexibility index (Phi) is 15.3.